The molecule has 1 N–H and O–H groups in total. The van der Waals surface area contributed by atoms with Gasteiger partial charge in [0.05, 0.1) is 24.0 Å². The minimum absolute atomic E-state index is 0.0909. The van der Waals surface area contributed by atoms with Crippen LogP contribution in [0, 0.1) is 11.3 Å². The standard InChI is InChI=1S/C21H17N5O/c1-14-10-16-4-2-3-5-19(16)26(14)21(27)18-12-24-20(13-23-18)25-17-8-6-15(11-22)7-9-17/h2-9,12-14H,10H2,1H3,(H,24,25). The third-order valence-electron chi connectivity index (χ3n) is 4.58. The first-order valence-electron chi connectivity index (χ1n) is 8.66. The summed E-state index contributed by atoms with van der Waals surface area (Å²) in [7, 11) is 0. The number of carbonyl (C=O) groups excluding carboxylic acids is 1. The van der Waals surface area contributed by atoms with Crippen molar-refractivity contribution < 1.29 is 4.79 Å². The van der Waals surface area contributed by atoms with Crippen molar-refractivity contribution >= 4 is 23.1 Å². The largest absolute Gasteiger partial charge is 0.339 e. The van der Waals surface area contributed by atoms with Gasteiger partial charge in [-0.15, -0.1) is 0 Å². The molecule has 4 rings (SSSR count). The van der Waals surface area contributed by atoms with Gasteiger partial charge in [0.25, 0.3) is 5.91 Å². The van der Waals surface area contributed by atoms with Crippen molar-refractivity contribution in [2.75, 3.05) is 10.2 Å². The number of nitrogens with zero attached hydrogens (tertiary/aromatic N) is 4. The van der Waals surface area contributed by atoms with E-state index in [2.05, 4.69) is 27.4 Å². The summed E-state index contributed by atoms with van der Waals surface area (Å²) >= 11 is 0. The average Bonchev–Trinajstić information content (AvgIpc) is 3.04. The molecule has 2 heterocycles. The van der Waals surface area contributed by atoms with Crippen LogP contribution in [0.1, 0.15) is 28.5 Å². The first-order chi connectivity index (χ1) is 13.2. The molecule has 1 aliphatic rings. The van der Waals surface area contributed by atoms with Crippen molar-refractivity contribution in [3.8, 4) is 6.07 Å². The third-order valence-corrected chi connectivity index (χ3v) is 4.58. The molecule has 0 bridgehead atoms. The molecule has 1 atom stereocenters. The molecule has 0 aliphatic carbocycles. The third kappa shape index (κ3) is 3.23. The minimum Gasteiger partial charge on any atom is -0.339 e. The Labute approximate surface area is 157 Å². The van der Waals surface area contributed by atoms with Gasteiger partial charge in [0.2, 0.25) is 0 Å². The molecule has 132 valence electrons. The second kappa shape index (κ2) is 6.89. The molecule has 2 aromatic carbocycles. The zero-order valence-corrected chi connectivity index (χ0v) is 14.8. The molecule has 0 spiro atoms. The Bertz CT molecular complexity index is 1020. The molecular formula is C21H17N5O. The average molecular weight is 355 g/mol. The summed E-state index contributed by atoms with van der Waals surface area (Å²) in [5.74, 6) is 0.385. The maximum Gasteiger partial charge on any atom is 0.278 e. The maximum absolute atomic E-state index is 12.9. The number of fused-ring (bicyclic) bond motifs is 1. The molecule has 1 aromatic heterocycles. The van der Waals surface area contributed by atoms with Gasteiger partial charge in [0, 0.05) is 17.4 Å². The fraction of sp³-hybridized carbons (Fsp3) is 0.143. The van der Waals surface area contributed by atoms with Gasteiger partial charge in [-0.2, -0.15) is 5.26 Å². The summed E-state index contributed by atoms with van der Waals surface area (Å²) in [5.41, 5.74) is 3.81. The summed E-state index contributed by atoms with van der Waals surface area (Å²) < 4.78 is 0. The number of carbonyl (C=O) groups is 1. The first kappa shape index (κ1) is 16.7. The van der Waals surface area contributed by atoms with Crippen LogP contribution in [0.4, 0.5) is 17.2 Å². The lowest BCUT2D eigenvalue weighted by Gasteiger charge is -2.22. The van der Waals surface area contributed by atoms with Gasteiger partial charge >= 0.3 is 0 Å². The van der Waals surface area contributed by atoms with E-state index in [9.17, 15) is 4.79 Å². The Balaban J connectivity index is 1.52. The number of rotatable bonds is 3. The van der Waals surface area contributed by atoms with Gasteiger partial charge in [0.1, 0.15) is 11.5 Å². The van der Waals surface area contributed by atoms with Crippen LogP contribution in [0.3, 0.4) is 0 Å². The van der Waals surface area contributed by atoms with Crippen LogP contribution < -0.4 is 10.2 Å². The molecule has 0 saturated heterocycles. The van der Waals surface area contributed by atoms with E-state index in [0.717, 1.165) is 17.8 Å². The molecule has 3 aromatic rings. The highest BCUT2D eigenvalue weighted by Crippen LogP contribution is 2.32. The van der Waals surface area contributed by atoms with E-state index in [1.54, 1.807) is 29.2 Å². The Morgan fingerprint density at radius 2 is 1.93 bits per heavy atom. The first-order valence-corrected chi connectivity index (χ1v) is 8.66. The van der Waals surface area contributed by atoms with E-state index in [-0.39, 0.29) is 11.9 Å². The van der Waals surface area contributed by atoms with Crippen LogP contribution in [0.5, 0.6) is 0 Å². The summed E-state index contributed by atoms with van der Waals surface area (Å²) in [4.78, 5) is 23.3. The second-order valence-corrected chi connectivity index (χ2v) is 6.46. The van der Waals surface area contributed by atoms with Gasteiger partial charge in [-0.05, 0) is 49.2 Å². The number of benzene rings is 2. The monoisotopic (exact) mass is 355 g/mol. The Morgan fingerprint density at radius 3 is 2.63 bits per heavy atom. The zero-order valence-electron chi connectivity index (χ0n) is 14.8. The Kier molecular flexibility index (Phi) is 4.27. The highest BCUT2D eigenvalue weighted by Gasteiger charge is 2.31. The number of amides is 1. The van der Waals surface area contributed by atoms with Crippen LogP contribution in [0.2, 0.25) is 0 Å². The maximum atomic E-state index is 12.9. The smallest absolute Gasteiger partial charge is 0.278 e. The molecule has 0 saturated carbocycles. The van der Waals surface area contributed by atoms with Crippen LogP contribution in [0.15, 0.2) is 60.9 Å². The molecule has 1 unspecified atom stereocenters. The normalized spacial score (nSPS) is 15.1. The lowest BCUT2D eigenvalue weighted by molar-refractivity contribution is 0.0976. The minimum atomic E-state index is -0.148. The van der Waals surface area contributed by atoms with E-state index < -0.39 is 0 Å². The fourth-order valence-electron chi connectivity index (χ4n) is 3.28. The molecule has 0 radical (unpaired) electrons. The summed E-state index contributed by atoms with van der Waals surface area (Å²) in [6.45, 7) is 2.03. The van der Waals surface area contributed by atoms with Crippen LogP contribution in [-0.4, -0.2) is 21.9 Å². The summed E-state index contributed by atoms with van der Waals surface area (Å²) in [6, 6.07) is 17.1. The predicted octanol–water partition coefficient (Wildman–Crippen LogP) is 3.68. The molecule has 6 heteroatoms. The van der Waals surface area contributed by atoms with Gasteiger partial charge in [0.15, 0.2) is 0 Å². The van der Waals surface area contributed by atoms with Crippen LogP contribution >= 0.6 is 0 Å². The van der Waals surface area contributed by atoms with Gasteiger partial charge in [-0.25, -0.2) is 9.97 Å². The quantitative estimate of drug-likeness (QED) is 0.775. The number of aromatic nitrogens is 2. The second-order valence-electron chi connectivity index (χ2n) is 6.46. The van der Waals surface area contributed by atoms with E-state index in [1.807, 2.05) is 25.1 Å². The van der Waals surface area contributed by atoms with E-state index >= 15 is 0 Å². The molecule has 27 heavy (non-hydrogen) atoms. The van der Waals surface area contributed by atoms with Gasteiger partial charge in [-0.1, -0.05) is 18.2 Å². The van der Waals surface area contributed by atoms with E-state index in [1.165, 1.54) is 18.0 Å². The van der Waals surface area contributed by atoms with Crippen molar-refractivity contribution in [2.45, 2.75) is 19.4 Å². The number of hydrogen-bond acceptors (Lipinski definition) is 5. The van der Waals surface area contributed by atoms with Crippen molar-refractivity contribution in [2.24, 2.45) is 0 Å². The van der Waals surface area contributed by atoms with E-state index in [0.29, 0.717) is 17.1 Å². The lowest BCUT2D eigenvalue weighted by Crippen LogP contribution is -2.36. The number of hydrogen-bond donors (Lipinski definition) is 1. The molecule has 1 amide bonds. The van der Waals surface area contributed by atoms with Crippen LogP contribution in [-0.2, 0) is 6.42 Å². The molecule has 1 aliphatic heterocycles. The highest BCUT2D eigenvalue weighted by molar-refractivity contribution is 6.06. The van der Waals surface area contributed by atoms with Crippen molar-refractivity contribution in [3.05, 3.63) is 77.7 Å². The van der Waals surface area contributed by atoms with Crippen molar-refractivity contribution in [3.63, 3.8) is 0 Å². The van der Waals surface area contributed by atoms with Gasteiger partial charge < -0.3 is 10.2 Å². The van der Waals surface area contributed by atoms with Crippen LogP contribution in [0.25, 0.3) is 0 Å². The molecular weight excluding hydrogens is 338 g/mol. The van der Waals surface area contributed by atoms with Gasteiger partial charge in [-0.3, -0.25) is 4.79 Å². The predicted molar refractivity (Wildman–Crippen MR) is 103 cm³/mol. The SMILES string of the molecule is CC1Cc2ccccc2N1C(=O)c1cnc(Nc2ccc(C#N)cc2)cn1. The lowest BCUT2D eigenvalue weighted by atomic mass is 10.1. The number of anilines is 3. The number of nitriles is 1. The Hall–Kier alpha value is -3.72. The highest BCUT2D eigenvalue weighted by atomic mass is 16.2. The molecule has 6 nitrogen and oxygen atoms in total. The van der Waals surface area contributed by atoms with E-state index in [4.69, 9.17) is 5.26 Å². The Morgan fingerprint density at radius 1 is 1.15 bits per heavy atom. The summed E-state index contributed by atoms with van der Waals surface area (Å²) in [5, 5.41) is 11.9. The number of para-hydroxylation sites is 1. The zero-order chi connectivity index (χ0) is 18.8. The fourth-order valence-corrected chi connectivity index (χ4v) is 3.28. The van der Waals surface area contributed by atoms with Crippen molar-refractivity contribution in [1.82, 2.24) is 9.97 Å². The summed E-state index contributed by atoms with van der Waals surface area (Å²) in [6.07, 6.45) is 3.87. The number of nitrogens with one attached hydrogen (secondary N) is 1. The topological polar surface area (TPSA) is 81.9 Å². The molecule has 0 fully saturated rings. The van der Waals surface area contributed by atoms with Crippen molar-refractivity contribution in [1.29, 1.82) is 5.26 Å².